The smallest absolute Gasteiger partial charge is 0.231 e. The number of aromatic amines is 1. The normalized spacial score (nSPS) is 17.3. The van der Waals surface area contributed by atoms with Crippen LogP contribution in [0.1, 0.15) is 6.92 Å². The van der Waals surface area contributed by atoms with Crippen LogP contribution in [0.5, 0.6) is 5.75 Å². The first-order chi connectivity index (χ1) is 20.8. The summed E-state index contributed by atoms with van der Waals surface area (Å²) in [5.41, 5.74) is 3.41. The van der Waals surface area contributed by atoms with Crippen molar-refractivity contribution in [1.29, 1.82) is 0 Å². The van der Waals surface area contributed by atoms with Crippen LogP contribution in [-0.2, 0) is 4.57 Å². The Labute approximate surface area is 253 Å². The van der Waals surface area contributed by atoms with Crippen molar-refractivity contribution in [2.75, 3.05) is 94.9 Å². The van der Waals surface area contributed by atoms with Crippen LogP contribution in [0.3, 0.4) is 0 Å². The fraction of sp³-hybridized carbons (Fsp3) is 0.419. The predicted octanol–water partition coefficient (Wildman–Crippen LogP) is 4.38. The molecule has 2 aliphatic rings. The van der Waals surface area contributed by atoms with Gasteiger partial charge < -0.3 is 34.7 Å². The van der Waals surface area contributed by atoms with Crippen LogP contribution >= 0.6 is 7.14 Å². The first-order valence-corrected chi connectivity index (χ1v) is 17.6. The monoisotopic (exact) mass is 603 g/mol. The van der Waals surface area contributed by atoms with E-state index in [0.29, 0.717) is 24.0 Å². The Bertz CT molecular complexity index is 1600. The molecular weight excluding hydrogens is 561 g/mol. The first kappa shape index (κ1) is 29.4. The van der Waals surface area contributed by atoms with E-state index in [1.807, 2.05) is 49.5 Å². The van der Waals surface area contributed by atoms with E-state index < -0.39 is 7.14 Å². The summed E-state index contributed by atoms with van der Waals surface area (Å²) in [6, 6.07) is 15.9. The number of para-hydroxylation sites is 1. The van der Waals surface area contributed by atoms with Gasteiger partial charge in [0.2, 0.25) is 5.95 Å². The number of hydrogen-bond acceptors (Lipinski definition) is 10. The Hall–Kier alpha value is -3.63. The first-order valence-electron chi connectivity index (χ1n) is 15.0. The highest BCUT2D eigenvalue weighted by atomic mass is 31.2. The number of hydrogen-bond donors (Lipinski definition) is 3. The van der Waals surface area contributed by atoms with Gasteiger partial charge in [-0.1, -0.05) is 12.1 Å². The van der Waals surface area contributed by atoms with E-state index >= 15 is 0 Å². The molecule has 2 aromatic heterocycles. The van der Waals surface area contributed by atoms with Crippen LogP contribution in [0.25, 0.3) is 11.0 Å². The van der Waals surface area contributed by atoms with Crippen molar-refractivity contribution in [2.45, 2.75) is 6.92 Å². The predicted molar refractivity (Wildman–Crippen MR) is 176 cm³/mol. The highest BCUT2D eigenvalue weighted by molar-refractivity contribution is 7.70. The van der Waals surface area contributed by atoms with E-state index in [4.69, 9.17) is 14.7 Å². The maximum absolute atomic E-state index is 13.0. The highest BCUT2D eigenvalue weighted by Crippen LogP contribution is 2.39. The molecule has 6 rings (SSSR count). The van der Waals surface area contributed by atoms with Gasteiger partial charge in [-0.25, -0.2) is 10.0 Å². The van der Waals surface area contributed by atoms with Gasteiger partial charge >= 0.3 is 0 Å². The number of anilines is 5. The van der Waals surface area contributed by atoms with E-state index in [-0.39, 0.29) is 0 Å². The van der Waals surface area contributed by atoms with Crippen molar-refractivity contribution >= 4 is 52.3 Å². The molecule has 0 spiro atoms. The van der Waals surface area contributed by atoms with E-state index in [1.165, 1.54) is 0 Å². The molecule has 12 heteroatoms. The largest absolute Gasteiger partial charge is 0.492 e. The molecule has 4 aromatic rings. The summed E-state index contributed by atoms with van der Waals surface area (Å²) in [5.74, 6) is 1.82. The molecule has 0 atom stereocenters. The van der Waals surface area contributed by atoms with Crippen LogP contribution in [0.2, 0.25) is 0 Å². The van der Waals surface area contributed by atoms with Crippen molar-refractivity contribution in [2.24, 2.45) is 0 Å². The van der Waals surface area contributed by atoms with Crippen molar-refractivity contribution in [3.8, 4) is 5.75 Å². The minimum absolute atomic E-state index is 0.431. The van der Waals surface area contributed by atoms with E-state index in [9.17, 15) is 4.57 Å². The van der Waals surface area contributed by atoms with Gasteiger partial charge in [-0.2, -0.15) is 9.97 Å². The highest BCUT2D eigenvalue weighted by Gasteiger charge is 2.25. The summed E-state index contributed by atoms with van der Waals surface area (Å²) in [4.78, 5) is 17.6. The third-order valence-corrected chi connectivity index (χ3v) is 9.72. The molecule has 0 aliphatic carbocycles. The second kappa shape index (κ2) is 12.5. The standard InChI is InChI=1S/C31H42N9O2P/c1-5-42-27-22-23(38-16-20-40(21-17-38)39-18-14-37(2)15-19-39)10-11-25(27)34-31-35-29-24(12-13-32-29)30(36-31)33-26-8-6-7-9-28(26)43(3,4)41/h6-13,22H,5,14-21H2,1-4H3,(H3,32,33,34,35,36). The molecule has 43 heavy (non-hydrogen) atoms. The average molecular weight is 604 g/mol. The average Bonchev–Trinajstić information content (AvgIpc) is 3.48. The lowest BCUT2D eigenvalue weighted by atomic mass is 10.2. The third-order valence-electron chi connectivity index (χ3n) is 8.17. The van der Waals surface area contributed by atoms with Crippen LogP contribution < -0.4 is 25.6 Å². The number of hydrazine groups is 1. The molecule has 2 fully saturated rings. The number of rotatable bonds is 9. The lowest BCUT2D eigenvalue weighted by Gasteiger charge is -2.44. The Morgan fingerprint density at radius 2 is 1.60 bits per heavy atom. The molecule has 11 nitrogen and oxygen atoms in total. The van der Waals surface area contributed by atoms with Gasteiger partial charge in [-0.3, -0.25) is 0 Å². The number of benzene rings is 2. The van der Waals surface area contributed by atoms with Gasteiger partial charge in [-0.15, -0.1) is 0 Å². The van der Waals surface area contributed by atoms with Crippen molar-refractivity contribution in [3.05, 3.63) is 54.7 Å². The fourth-order valence-electron chi connectivity index (χ4n) is 5.79. The Kier molecular flexibility index (Phi) is 8.59. The molecule has 2 aromatic carbocycles. The zero-order chi connectivity index (χ0) is 30.0. The second-order valence-electron chi connectivity index (χ2n) is 11.6. The summed E-state index contributed by atoms with van der Waals surface area (Å²) in [5, 5.41) is 13.5. The van der Waals surface area contributed by atoms with Crippen molar-refractivity contribution < 1.29 is 9.30 Å². The summed E-state index contributed by atoms with van der Waals surface area (Å²) in [6.07, 6.45) is 1.84. The van der Waals surface area contributed by atoms with E-state index in [0.717, 1.165) is 85.9 Å². The summed E-state index contributed by atoms with van der Waals surface area (Å²) < 4.78 is 19.1. The van der Waals surface area contributed by atoms with E-state index in [1.54, 1.807) is 13.3 Å². The molecule has 0 unspecified atom stereocenters. The Balaban J connectivity index is 1.21. The number of ether oxygens (including phenoxy) is 1. The SMILES string of the molecule is CCOc1cc(N2CCN(N3CCN(C)CC3)CC2)ccc1Nc1nc(Nc2ccccc2P(C)(C)=O)c2cc[nH]c2n1. The van der Waals surface area contributed by atoms with Crippen molar-refractivity contribution in [3.63, 3.8) is 0 Å². The van der Waals surface area contributed by atoms with E-state index in [2.05, 4.69) is 54.6 Å². The third kappa shape index (κ3) is 6.65. The van der Waals surface area contributed by atoms with Crippen molar-refractivity contribution in [1.82, 2.24) is 29.9 Å². The lowest BCUT2D eigenvalue weighted by Crippen LogP contribution is -2.58. The van der Waals surface area contributed by atoms with Gasteiger partial charge in [0.1, 0.15) is 24.4 Å². The number of nitrogens with zero attached hydrogens (tertiary/aromatic N) is 6. The van der Waals surface area contributed by atoms with Crippen LogP contribution in [0.15, 0.2) is 54.7 Å². The molecule has 2 aliphatic heterocycles. The van der Waals surface area contributed by atoms with Crippen LogP contribution in [0.4, 0.5) is 28.8 Å². The minimum Gasteiger partial charge on any atom is -0.492 e. The number of H-pyrrole nitrogens is 1. The quantitative estimate of drug-likeness (QED) is 0.239. The maximum Gasteiger partial charge on any atom is 0.231 e. The molecule has 4 heterocycles. The number of likely N-dealkylation sites (N-methyl/N-ethyl adjacent to an activating group) is 1. The molecular formula is C31H42N9O2P. The summed E-state index contributed by atoms with van der Waals surface area (Å²) >= 11 is 0. The fourth-order valence-corrected chi connectivity index (χ4v) is 6.95. The molecule has 228 valence electrons. The minimum atomic E-state index is -2.51. The van der Waals surface area contributed by atoms with Crippen LogP contribution in [0, 0.1) is 0 Å². The van der Waals surface area contributed by atoms with Gasteiger partial charge in [0.15, 0.2) is 0 Å². The van der Waals surface area contributed by atoms with Gasteiger partial charge in [-0.05, 0) is 57.6 Å². The summed E-state index contributed by atoms with van der Waals surface area (Å²) in [7, 11) is -0.309. The number of nitrogens with one attached hydrogen (secondary N) is 3. The molecule has 0 amide bonds. The van der Waals surface area contributed by atoms with Crippen LogP contribution in [-0.4, -0.2) is 109 Å². The zero-order valence-electron chi connectivity index (χ0n) is 25.5. The molecule has 0 saturated carbocycles. The summed E-state index contributed by atoms with van der Waals surface area (Å²) in [6.45, 7) is 14.5. The molecule has 2 saturated heterocycles. The number of fused-ring (bicyclic) bond motifs is 1. The van der Waals surface area contributed by atoms with Gasteiger partial charge in [0.05, 0.1) is 23.4 Å². The van der Waals surface area contributed by atoms with Gasteiger partial charge in [0.25, 0.3) is 0 Å². The number of piperazine rings is 2. The second-order valence-corrected chi connectivity index (χ2v) is 14.7. The maximum atomic E-state index is 13.0. The molecule has 0 bridgehead atoms. The molecule has 3 N–H and O–H groups in total. The topological polar surface area (TPSA) is 105 Å². The number of aromatic nitrogens is 3. The Morgan fingerprint density at radius 3 is 2.33 bits per heavy atom. The molecule has 0 radical (unpaired) electrons. The van der Waals surface area contributed by atoms with Gasteiger partial charge in [0, 0.05) is 75.6 Å². The zero-order valence-corrected chi connectivity index (χ0v) is 26.4. The Morgan fingerprint density at radius 1 is 0.884 bits per heavy atom. The lowest BCUT2D eigenvalue weighted by molar-refractivity contribution is -0.0564.